The number of rotatable bonds is 5. The molecule has 0 saturated heterocycles. The van der Waals surface area contributed by atoms with Crippen LogP contribution in [0.5, 0.6) is 0 Å². The lowest BCUT2D eigenvalue weighted by atomic mass is 10.3. The zero-order valence-corrected chi connectivity index (χ0v) is 10.1. The normalized spacial score (nSPS) is 10.0. The van der Waals surface area contributed by atoms with E-state index in [-0.39, 0.29) is 5.95 Å². The van der Waals surface area contributed by atoms with E-state index < -0.39 is 11.8 Å². The molecule has 1 aromatic rings. The highest BCUT2D eigenvalue weighted by Gasteiger charge is 2.21. The number of aromatic amines is 1. The van der Waals surface area contributed by atoms with Gasteiger partial charge < -0.3 is 4.90 Å². The van der Waals surface area contributed by atoms with Crippen LogP contribution in [0.2, 0.25) is 0 Å². The molecule has 17 heavy (non-hydrogen) atoms. The largest absolute Gasteiger partial charge is 0.334 e. The molecule has 0 unspecified atom stereocenters. The molecule has 94 valence electrons. The molecule has 0 atom stereocenters. The van der Waals surface area contributed by atoms with Crippen molar-refractivity contribution in [2.75, 3.05) is 18.4 Å². The molecule has 0 spiro atoms. The molecule has 0 fully saturated rings. The van der Waals surface area contributed by atoms with E-state index in [0.717, 1.165) is 12.8 Å². The SMILES string of the molecule is CCCN(CCC)C(=O)C(=O)Nc1ncn[nH]1. The molecule has 0 aliphatic heterocycles. The molecule has 0 aliphatic rings. The number of carbonyl (C=O) groups excluding carboxylic acids is 2. The molecule has 0 aromatic carbocycles. The molecule has 0 radical (unpaired) electrons. The maximum atomic E-state index is 11.8. The van der Waals surface area contributed by atoms with Crippen molar-refractivity contribution in [2.24, 2.45) is 0 Å². The Labute approximate surface area is 99.6 Å². The minimum atomic E-state index is -0.691. The second-order valence-electron chi connectivity index (χ2n) is 3.58. The molecule has 1 rings (SSSR count). The van der Waals surface area contributed by atoms with Crippen molar-refractivity contribution < 1.29 is 9.59 Å². The van der Waals surface area contributed by atoms with E-state index in [4.69, 9.17) is 0 Å². The highest BCUT2D eigenvalue weighted by molar-refractivity contribution is 6.39. The fourth-order valence-corrected chi connectivity index (χ4v) is 1.43. The Kier molecular flexibility index (Phi) is 5.12. The Morgan fingerprint density at radius 1 is 1.35 bits per heavy atom. The summed E-state index contributed by atoms with van der Waals surface area (Å²) in [4.78, 5) is 28.7. The summed E-state index contributed by atoms with van der Waals surface area (Å²) in [5.41, 5.74) is 0. The zero-order valence-electron chi connectivity index (χ0n) is 10.1. The van der Waals surface area contributed by atoms with Crippen LogP contribution < -0.4 is 5.32 Å². The number of hydrogen-bond acceptors (Lipinski definition) is 4. The smallest absolute Gasteiger partial charge is 0.316 e. The number of hydrogen-bond donors (Lipinski definition) is 2. The lowest BCUT2D eigenvalue weighted by Gasteiger charge is -2.20. The van der Waals surface area contributed by atoms with Crippen LogP contribution in [0.1, 0.15) is 26.7 Å². The van der Waals surface area contributed by atoms with Gasteiger partial charge in [0.1, 0.15) is 6.33 Å². The summed E-state index contributed by atoms with van der Waals surface area (Å²) >= 11 is 0. The van der Waals surface area contributed by atoms with Gasteiger partial charge in [-0.15, -0.1) is 0 Å². The molecular weight excluding hydrogens is 222 g/mol. The van der Waals surface area contributed by atoms with Gasteiger partial charge in [0.25, 0.3) is 0 Å². The third-order valence-corrected chi connectivity index (χ3v) is 2.12. The molecule has 2 N–H and O–H groups in total. The molecule has 2 amide bonds. The van der Waals surface area contributed by atoms with E-state index in [1.165, 1.54) is 11.2 Å². The van der Waals surface area contributed by atoms with Gasteiger partial charge in [0.05, 0.1) is 0 Å². The summed E-state index contributed by atoms with van der Waals surface area (Å²) in [5, 5.41) is 8.40. The van der Waals surface area contributed by atoms with Gasteiger partial charge >= 0.3 is 11.8 Å². The summed E-state index contributed by atoms with van der Waals surface area (Å²) in [6.07, 6.45) is 2.90. The maximum absolute atomic E-state index is 11.8. The zero-order chi connectivity index (χ0) is 12.7. The summed E-state index contributed by atoms with van der Waals surface area (Å²) in [7, 11) is 0. The maximum Gasteiger partial charge on any atom is 0.316 e. The van der Waals surface area contributed by atoms with E-state index >= 15 is 0 Å². The number of carbonyl (C=O) groups is 2. The molecular formula is C10H17N5O2. The first kappa shape index (κ1) is 13.1. The van der Waals surface area contributed by atoms with Crippen LogP contribution in [-0.4, -0.2) is 45.0 Å². The van der Waals surface area contributed by atoms with Crippen molar-refractivity contribution in [2.45, 2.75) is 26.7 Å². The van der Waals surface area contributed by atoms with Gasteiger partial charge in [0.15, 0.2) is 0 Å². The fraction of sp³-hybridized carbons (Fsp3) is 0.600. The third-order valence-electron chi connectivity index (χ3n) is 2.12. The highest BCUT2D eigenvalue weighted by Crippen LogP contribution is 1.99. The van der Waals surface area contributed by atoms with Crippen LogP contribution >= 0.6 is 0 Å². The molecule has 0 bridgehead atoms. The summed E-state index contributed by atoms with van der Waals surface area (Å²) in [6, 6.07) is 0. The highest BCUT2D eigenvalue weighted by atomic mass is 16.2. The van der Waals surface area contributed by atoms with Gasteiger partial charge in [-0.25, -0.2) is 5.10 Å². The number of H-pyrrole nitrogens is 1. The standard InChI is InChI=1S/C10H17N5O2/c1-3-5-15(6-4-2)9(17)8(16)13-10-11-7-12-14-10/h7H,3-6H2,1-2H3,(H2,11,12,13,14,16). The molecule has 1 heterocycles. The Morgan fingerprint density at radius 2 is 2.00 bits per heavy atom. The minimum absolute atomic E-state index is 0.177. The number of amides is 2. The van der Waals surface area contributed by atoms with Crippen LogP contribution in [-0.2, 0) is 9.59 Å². The van der Waals surface area contributed by atoms with Crippen LogP contribution in [0.25, 0.3) is 0 Å². The van der Waals surface area contributed by atoms with Gasteiger partial charge in [0, 0.05) is 13.1 Å². The first-order valence-electron chi connectivity index (χ1n) is 5.64. The fourth-order valence-electron chi connectivity index (χ4n) is 1.43. The second-order valence-corrected chi connectivity index (χ2v) is 3.58. The number of nitrogens with one attached hydrogen (secondary N) is 2. The monoisotopic (exact) mass is 239 g/mol. The summed E-state index contributed by atoms with van der Waals surface area (Å²) < 4.78 is 0. The number of anilines is 1. The van der Waals surface area contributed by atoms with Crippen molar-refractivity contribution in [3.8, 4) is 0 Å². The molecule has 7 nitrogen and oxygen atoms in total. The molecule has 1 aromatic heterocycles. The van der Waals surface area contributed by atoms with Crippen LogP contribution in [0.15, 0.2) is 6.33 Å². The van der Waals surface area contributed by atoms with Gasteiger partial charge in [-0.2, -0.15) is 10.1 Å². The summed E-state index contributed by atoms with van der Waals surface area (Å²) in [6.45, 7) is 5.08. The lowest BCUT2D eigenvalue weighted by molar-refractivity contribution is -0.143. The molecule has 0 saturated carbocycles. The van der Waals surface area contributed by atoms with Crippen molar-refractivity contribution in [3.05, 3.63) is 6.33 Å². The Balaban J connectivity index is 2.57. The van der Waals surface area contributed by atoms with Crippen LogP contribution in [0.4, 0.5) is 5.95 Å². The van der Waals surface area contributed by atoms with Gasteiger partial charge in [-0.1, -0.05) is 13.8 Å². The predicted molar refractivity (Wildman–Crippen MR) is 62.2 cm³/mol. The second kappa shape index (κ2) is 6.62. The van der Waals surface area contributed by atoms with Gasteiger partial charge in [-0.3, -0.25) is 14.9 Å². The van der Waals surface area contributed by atoms with E-state index in [1.54, 1.807) is 0 Å². The van der Waals surface area contributed by atoms with Crippen molar-refractivity contribution in [1.29, 1.82) is 0 Å². The average molecular weight is 239 g/mol. The van der Waals surface area contributed by atoms with E-state index in [0.29, 0.717) is 13.1 Å². The summed E-state index contributed by atoms with van der Waals surface area (Å²) in [5.74, 6) is -1.05. The molecule has 7 heteroatoms. The minimum Gasteiger partial charge on any atom is -0.334 e. The van der Waals surface area contributed by atoms with Crippen molar-refractivity contribution >= 4 is 17.8 Å². The van der Waals surface area contributed by atoms with E-state index in [2.05, 4.69) is 20.5 Å². The van der Waals surface area contributed by atoms with Crippen LogP contribution in [0.3, 0.4) is 0 Å². The lowest BCUT2D eigenvalue weighted by Crippen LogP contribution is -2.40. The van der Waals surface area contributed by atoms with Crippen molar-refractivity contribution in [3.63, 3.8) is 0 Å². The Bertz CT molecular complexity index is 357. The quantitative estimate of drug-likeness (QED) is 0.727. The average Bonchev–Trinajstić information content (AvgIpc) is 2.80. The van der Waals surface area contributed by atoms with Gasteiger partial charge in [0.2, 0.25) is 5.95 Å². The van der Waals surface area contributed by atoms with Gasteiger partial charge in [-0.05, 0) is 12.8 Å². The topological polar surface area (TPSA) is 91.0 Å². The number of nitrogens with zero attached hydrogens (tertiary/aromatic N) is 3. The molecule has 0 aliphatic carbocycles. The first-order chi connectivity index (χ1) is 8.19. The van der Waals surface area contributed by atoms with Crippen LogP contribution in [0, 0.1) is 0 Å². The first-order valence-corrected chi connectivity index (χ1v) is 5.64. The number of aromatic nitrogens is 3. The Morgan fingerprint density at radius 3 is 2.47 bits per heavy atom. The van der Waals surface area contributed by atoms with E-state index in [1.807, 2.05) is 13.8 Å². The predicted octanol–water partition coefficient (Wildman–Crippen LogP) is 0.392. The Hall–Kier alpha value is -1.92. The van der Waals surface area contributed by atoms with E-state index in [9.17, 15) is 9.59 Å². The third kappa shape index (κ3) is 3.86. The van der Waals surface area contributed by atoms with Crippen molar-refractivity contribution in [1.82, 2.24) is 20.1 Å².